The zero-order valence-electron chi connectivity index (χ0n) is 20.5. The summed E-state index contributed by atoms with van der Waals surface area (Å²) >= 11 is 0. The molecule has 0 unspecified atom stereocenters. The van der Waals surface area contributed by atoms with Crippen molar-refractivity contribution in [1.82, 2.24) is 20.3 Å². The lowest BCUT2D eigenvalue weighted by atomic mass is 9.95. The van der Waals surface area contributed by atoms with Gasteiger partial charge in [0.2, 0.25) is 0 Å². The zero-order chi connectivity index (χ0) is 26.8. The third-order valence-electron chi connectivity index (χ3n) is 6.52. The van der Waals surface area contributed by atoms with Crippen LogP contribution in [-0.4, -0.2) is 45.3 Å². The molecule has 196 valence electrons. The highest BCUT2D eigenvalue weighted by molar-refractivity contribution is 5.85. The summed E-state index contributed by atoms with van der Waals surface area (Å²) in [4.78, 5) is 25.6. The summed E-state index contributed by atoms with van der Waals surface area (Å²) in [6.45, 7) is 3.40. The van der Waals surface area contributed by atoms with E-state index in [1.807, 2.05) is 6.07 Å². The number of pyridine rings is 3. The van der Waals surface area contributed by atoms with Crippen LogP contribution in [-0.2, 0) is 6.54 Å². The first-order valence-corrected chi connectivity index (χ1v) is 12.1. The van der Waals surface area contributed by atoms with Crippen LogP contribution in [0.25, 0.3) is 22.2 Å². The summed E-state index contributed by atoms with van der Waals surface area (Å²) in [6, 6.07) is 8.21. The third kappa shape index (κ3) is 5.17. The highest BCUT2D eigenvalue weighted by Crippen LogP contribution is 2.33. The Bertz CT molecular complexity index is 1500. The Morgan fingerprint density at radius 2 is 1.97 bits per heavy atom. The molecule has 11 heteroatoms. The molecule has 1 amide bonds. The fraction of sp³-hybridized carbons (Fsp3) is 0.259. The van der Waals surface area contributed by atoms with E-state index in [1.54, 1.807) is 12.4 Å². The van der Waals surface area contributed by atoms with Crippen LogP contribution < -0.4 is 15.5 Å². The van der Waals surface area contributed by atoms with Gasteiger partial charge in [-0.3, -0.25) is 9.97 Å². The van der Waals surface area contributed by atoms with Crippen molar-refractivity contribution in [2.75, 3.05) is 23.3 Å². The number of fused-ring (bicyclic) bond motifs is 1. The molecule has 1 aliphatic heterocycles. The monoisotopic (exact) mass is 522 g/mol. The first kappa shape index (κ1) is 25.2. The van der Waals surface area contributed by atoms with E-state index in [-0.39, 0.29) is 29.4 Å². The highest BCUT2D eigenvalue weighted by Gasteiger charge is 2.27. The topological polar surface area (TPSA) is 103 Å². The second-order valence-corrected chi connectivity index (χ2v) is 9.39. The standard InChI is InChI=1S/C27H25F3N6O2/c1-15-9-17(35-27(37)38)14-36(13-15)23-6-8-31-12-22(23)33-11-16-4-5-19(28)26(34-16)24-20(29)10-21-18(25(24)30)3-2-7-32-21/h2-8,10,12,15,17,33,35H,9,11,13-14H2,1H3,(H,37,38)/t15-,17+/m1/s1. The maximum atomic E-state index is 15.2. The molecule has 1 aliphatic rings. The second-order valence-electron chi connectivity index (χ2n) is 9.39. The number of carbonyl (C=O) groups is 1. The Hall–Kier alpha value is -4.41. The molecular weight excluding hydrogens is 497 g/mol. The quantitative estimate of drug-likeness (QED) is 0.320. The molecular formula is C27H25F3N6O2. The van der Waals surface area contributed by atoms with Gasteiger partial charge >= 0.3 is 6.09 Å². The SMILES string of the molecule is C[C@@H]1C[C@H](NC(=O)O)CN(c2ccncc2NCc2ccc(F)c(-c3c(F)cc4ncccc4c3F)n2)C1. The Balaban J connectivity index is 1.40. The summed E-state index contributed by atoms with van der Waals surface area (Å²) < 4.78 is 44.8. The predicted molar refractivity (Wildman–Crippen MR) is 137 cm³/mol. The lowest BCUT2D eigenvalue weighted by Gasteiger charge is -2.38. The molecule has 1 saturated heterocycles. The van der Waals surface area contributed by atoms with Gasteiger partial charge < -0.3 is 20.6 Å². The Morgan fingerprint density at radius 3 is 2.79 bits per heavy atom. The van der Waals surface area contributed by atoms with Gasteiger partial charge in [0.05, 0.1) is 40.9 Å². The maximum Gasteiger partial charge on any atom is 0.404 e. The van der Waals surface area contributed by atoms with E-state index >= 15 is 4.39 Å². The van der Waals surface area contributed by atoms with Gasteiger partial charge in [0.25, 0.3) is 0 Å². The molecule has 2 atom stereocenters. The van der Waals surface area contributed by atoms with E-state index in [9.17, 15) is 13.6 Å². The van der Waals surface area contributed by atoms with Gasteiger partial charge in [0, 0.05) is 43.0 Å². The number of hydrogen-bond acceptors (Lipinski definition) is 6. The van der Waals surface area contributed by atoms with E-state index in [4.69, 9.17) is 5.11 Å². The van der Waals surface area contributed by atoms with Gasteiger partial charge in [-0.1, -0.05) is 6.92 Å². The fourth-order valence-electron chi connectivity index (χ4n) is 4.94. The van der Waals surface area contributed by atoms with Gasteiger partial charge in [-0.15, -0.1) is 0 Å². The molecule has 4 aromatic rings. The number of aromatic nitrogens is 3. The molecule has 1 aromatic carbocycles. The summed E-state index contributed by atoms with van der Waals surface area (Å²) in [5.41, 5.74) is 0.998. The van der Waals surface area contributed by atoms with Crippen LogP contribution in [0.15, 0.2) is 55.0 Å². The predicted octanol–water partition coefficient (Wildman–Crippen LogP) is 5.20. The minimum absolute atomic E-state index is 0.0695. The lowest BCUT2D eigenvalue weighted by molar-refractivity contribution is 0.186. The maximum absolute atomic E-state index is 15.2. The van der Waals surface area contributed by atoms with E-state index in [0.717, 1.165) is 30.8 Å². The van der Waals surface area contributed by atoms with Crippen LogP contribution in [0.5, 0.6) is 0 Å². The van der Waals surface area contributed by atoms with Crippen molar-refractivity contribution in [3.63, 3.8) is 0 Å². The Kier molecular flexibility index (Phi) is 6.99. The number of carboxylic acid groups (broad SMARTS) is 1. The summed E-state index contributed by atoms with van der Waals surface area (Å²) in [5, 5.41) is 15.0. The van der Waals surface area contributed by atoms with Gasteiger partial charge in [-0.05, 0) is 42.7 Å². The van der Waals surface area contributed by atoms with Crippen molar-refractivity contribution in [1.29, 1.82) is 0 Å². The van der Waals surface area contributed by atoms with Crippen LogP contribution in [0.4, 0.5) is 29.3 Å². The highest BCUT2D eigenvalue weighted by atomic mass is 19.1. The Morgan fingerprint density at radius 1 is 1.13 bits per heavy atom. The molecule has 1 fully saturated rings. The van der Waals surface area contributed by atoms with Crippen molar-refractivity contribution in [3.05, 3.63) is 78.1 Å². The van der Waals surface area contributed by atoms with Crippen LogP contribution in [0.2, 0.25) is 0 Å². The largest absolute Gasteiger partial charge is 0.465 e. The molecule has 0 spiro atoms. The average molecular weight is 523 g/mol. The number of benzene rings is 1. The number of halogens is 3. The van der Waals surface area contributed by atoms with Gasteiger partial charge in [0.1, 0.15) is 23.1 Å². The molecule has 0 saturated carbocycles. The fourth-order valence-corrected chi connectivity index (χ4v) is 4.94. The number of nitrogens with one attached hydrogen (secondary N) is 2. The molecule has 4 heterocycles. The van der Waals surface area contributed by atoms with Crippen LogP contribution in [0.3, 0.4) is 0 Å². The molecule has 0 bridgehead atoms. The zero-order valence-corrected chi connectivity index (χ0v) is 20.5. The molecule has 5 rings (SSSR count). The van der Waals surface area contributed by atoms with Crippen molar-refractivity contribution >= 4 is 28.4 Å². The van der Waals surface area contributed by atoms with E-state index in [2.05, 4.69) is 37.4 Å². The number of nitrogens with zero attached hydrogens (tertiary/aromatic N) is 4. The number of hydrogen-bond donors (Lipinski definition) is 3. The third-order valence-corrected chi connectivity index (χ3v) is 6.52. The van der Waals surface area contributed by atoms with E-state index in [1.165, 1.54) is 24.4 Å². The van der Waals surface area contributed by atoms with Gasteiger partial charge in [-0.25, -0.2) is 22.9 Å². The number of piperidine rings is 1. The van der Waals surface area contributed by atoms with Gasteiger partial charge in [-0.2, -0.15) is 0 Å². The minimum atomic E-state index is -1.06. The van der Waals surface area contributed by atoms with E-state index < -0.39 is 34.8 Å². The average Bonchev–Trinajstić information content (AvgIpc) is 2.88. The number of anilines is 2. The second kappa shape index (κ2) is 10.5. The van der Waals surface area contributed by atoms with Crippen LogP contribution in [0, 0.1) is 23.4 Å². The molecule has 0 radical (unpaired) electrons. The first-order chi connectivity index (χ1) is 18.3. The van der Waals surface area contributed by atoms with Crippen LogP contribution in [0.1, 0.15) is 19.0 Å². The molecule has 3 N–H and O–H groups in total. The first-order valence-electron chi connectivity index (χ1n) is 12.1. The van der Waals surface area contributed by atoms with Crippen molar-refractivity contribution in [2.45, 2.75) is 25.9 Å². The molecule has 3 aromatic heterocycles. The smallest absolute Gasteiger partial charge is 0.404 e. The summed E-state index contributed by atoms with van der Waals surface area (Å²) in [6.07, 6.45) is 4.37. The van der Waals surface area contributed by atoms with Gasteiger partial charge in [0.15, 0.2) is 0 Å². The summed E-state index contributed by atoms with van der Waals surface area (Å²) in [5.74, 6) is -2.48. The summed E-state index contributed by atoms with van der Waals surface area (Å²) in [7, 11) is 0. The van der Waals surface area contributed by atoms with Crippen LogP contribution >= 0.6 is 0 Å². The molecule has 8 nitrogen and oxygen atoms in total. The normalized spacial score (nSPS) is 17.4. The molecule has 0 aliphatic carbocycles. The molecule has 38 heavy (non-hydrogen) atoms. The number of amides is 1. The van der Waals surface area contributed by atoms with Crippen molar-refractivity contribution in [2.24, 2.45) is 5.92 Å². The van der Waals surface area contributed by atoms with E-state index in [0.29, 0.717) is 17.9 Å². The Labute approximate surface area is 216 Å². The van der Waals surface area contributed by atoms with Crippen molar-refractivity contribution < 1.29 is 23.1 Å². The van der Waals surface area contributed by atoms with Crippen molar-refractivity contribution in [3.8, 4) is 11.3 Å². The minimum Gasteiger partial charge on any atom is -0.465 e. The number of rotatable bonds is 6. The lowest BCUT2D eigenvalue weighted by Crippen LogP contribution is -2.50.